The minimum Gasteiger partial charge on any atom is -0.344 e. The second-order valence-corrected chi connectivity index (χ2v) is 14.0. The van der Waals surface area contributed by atoms with Gasteiger partial charge in [0.25, 0.3) is 27.6 Å². The number of Topliss-reactive ketones (excluding diaryl/α,β-unsaturated/α-hetero) is 1. The number of hydrogen-bond donors (Lipinski definition) is 3. The SMILES string of the molecule is CC(C)C(NC(=O)[C@H]1CCCN1C(=O)[C@@H](NC(=O)c1ccc(C(=O)NS(=O)(=O)c2ccc(Br)cc2)cc1)C(C)C)C(=O)C(F)(F)F. The summed E-state index contributed by atoms with van der Waals surface area (Å²) in [4.78, 5) is 65.3. The third-order valence-electron chi connectivity index (χ3n) is 7.34. The van der Waals surface area contributed by atoms with Crippen molar-refractivity contribution in [2.75, 3.05) is 6.54 Å². The zero-order chi connectivity index (χ0) is 34.6. The van der Waals surface area contributed by atoms with Crippen LogP contribution in [-0.4, -0.2) is 73.6 Å². The maximum Gasteiger partial charge on any atom is 0.452 e. The zero-order valence-electron chi connectivity index (χ0n) is 25.4. The molecule has 46 heavy (non-hydrogen) atoms. The van der Waals surface area contributed by atoms with Gasteiger partial charge in [0.05, 0.1) is 10.9 Å². The van der Waals surface area contributed by atoms with Crippen LogP contribution in [-0.2, 0) is 24.4 Å². The van der Waals surface area contributed by atoms with Crippen molar-refractivity contribution < 1.29 is 45.6 Å². The number of carbonyl (C=O) groups is 5. The zero-order valence-corrected chi connectivity index (χ0v) is 27.8. The van der Waals surface area contributed by atoms with E-state index < -0.39 is 75.6 Å². The summed E-state index contributed by atoms with van der Waals surface area (Å²) in [6.07, 6.45) is -4.62. The Morgan fingerprint density at radius 2 is 1.35 bits per heavy atom. The Hall–Kier alpha value is -3.79. The van der Waals surface area contributed by atoms with E-state index in [1.54, 1.807) is 13.8 Å². The number of nitrogens with zero attached hydrogens (tertiary/aromatic N) is 1. The highest BCUT2D eigenvalue weighted by Crippen LogP contribution is 2.24. The van der Waals surface area contributed by atoms with Crippen molar-refractivity contribution in [1.29, 1.82) is 0 Å². The van der Waals surface area contributed by atoms with Gasteiger partial charge in [0.15, 0.2) is 0 Å². The number of hydrogen-bond acceptors (Lipinski definition) is 7. The molecule has 1 heterocycles. The van der Waals surface area contributed by atoms with Crippen molar-refractivity contribution in [1.82, 2.24) is 20.3 Å². The molecule has 0 aliphatic carbocycles. The molecule has 1 fully saturated rings. The van der Waals surface area contributed by atoms with Crippen LogP contribution in [0, 0.1) is 11.8 Å². The number of halogens is 4. The Kier molecular flexibility index (Phi) is 11.8. The van der Waals surface area contributed by atoms with Crippen molar-refractivity contribution >= 4 is 55.4 Å². The molecule has 1 unspecified atom stereocenters. The van der Waals surface area contributed by atoms with Gasteiger partial charge in [-0.2, -0.15) is 13.2 Å². The minimum absolute atomic E-state index is 0.0481. The second-order valence-electron chi connectivity index (χ2n) is 11.4. The van der Waals surface area contributed by atoms with Crippen LogP contribution in [0.2, 0.25) is 0 Å². The van der Waals surface area contributed by atoms with Gasteiger partial charge in [0.1, 0.15) is 12.1 Å². The van der Waals surface area contributed by atoms with Gasteiger partial charge in [-0.1, -0.05) is 43.6 Å². The monoisotopic (exact) mass is 730 g/mol. The molecule has 0 spiro atoms. The lowest BCUT2D eigenvalue weighted by Gasteiger charge is -2.32. The molecule has 0 bridgehead atoms. The van der Waals surface area contributed by atoms with Crippen LogP contribution in [0.3, 0.4) is 0 Å². The molecule has 1 aliphatic rings. The van der Waals surface area contributed by atoms with Crippen molar-refractivity contribution in [2.45, 2.75) is 69.7 Å². The number of sulfonamides is 1. The molecule has 2 aromatic rings. The standard InChI is InChI=1S/C30H34BrF3N4O7S/c1-16(2)23(25(39)30(32,33)34)35-28(42)22-6-5-15-38(22)29(43)24(17(3)4)36-26(40)18-7-9-19(10-8-18)27(41)37-46(44,45)21-13-11-20(31)12-14-21/h7-14,16-17,22-24H,5-6,15H2,1-4H3,(H,35,42)(H,36,40)(H,37,41)/t22-,23?,24+/m1/s1. The lowest BCUT2D eigenvalue weighted by Crippen LogP contribution is -2.58. The van der Waals surface area contributed by atoms with E-state index in [1.807, 2.05) is 4.72 Å². The molecule has 4 amide bonds. The van der Waals surface area contributed by atoms with Crippen LogP contribution in [0.15, 0.2) is 57.9 Å². The second kappa shape index (κ2) is 14.8. The van der Waals surface area contributed by atoms with Gasteiger partial charge in [-0.15, -0.1) is 0 Å². The molecule has 16 heteroatoms. The first-order valence-electron chi connectivity index (χ1n) is 14.3. The number of ketones is 1. The number of rotatable bonds is 11. The summed E-state index contributed by atoms with van der Waals surface area (Å²) in [6.45, 7) is 6.15. The van der Waals surface area contributed by atoms with Crippen molar-refractivity contribution in [2.24, 2.45) is 11.8 Å². The predicted molar refractivity (Wildman–Crippen MR) is 164 cm³/mol. The number of nitrogens with one attached hydrogen (secondary N) is 3. The fourth-order valence-corrected chi connectivity index (χ4v) is 6.05. The topological polar surface area (TPSA) is 159 Å². The third kappa shape index (κ3) is 8.93. The van der Waals surface area contributed by atoms with Gasteiger partial charge in [-0.05, 0) is 73.2 Å². The molecule has 3 N–H and O–H groups in total. The van der Waals surface area contributed by atoms with Crippen LogP contribution in [0.5, 0.6) is 0 Å². The predicted octanol–water partition coefficient (Wildman–Crippen LogP) is 3.59. The number of likely N-dealkylation sites (tertiary alicyclic amines) is 1. The fourth-order valence-electron chi connectivity index (χ4n) is 4.81. The van der Waals surface area contributed by atoms with E-state index in [2.05, 4.69) is 26.6 Å². The molecule has 1 aliphatic heterocycles. The summed E-state index contributed by atoms with van der Waals surface area (Å²) in [6, 6.07) is 6.56. The van der Waals surface area contributed by atoms with Crippen molar-refractivity contribution in [3.63, 3.8) is 0 Å². The van der Waals surface area contributed by atoms with Gasteiger partial charge >= 0.3 is 6.18 Å². The maximum absolute atomic E-state index is 13.6. The highest BCUT2D eigenvalue weighted by atomic mass is 79.9. The normalized spacial score (nSPS) is 16.6. The summed E-state index contributed by atoms with van der Waals surface area (Å²) < 4.78 is 67.0. The fraction of sp³-hybridized carbons (Fsp3) is 0.433. The van der Waals surface area contributed by atoms with E-state index in [0.29, 0.717) is 10.9 Å². The molecule has 1 saturated heterocycles. The first-order chi connectivity index (χ1) is 21.3. The Balaban J connectivity index is 1.70. The summed E-state index contributed by atoms with van der Waals surface area (Å²) in [5.74, 6) is -6.57. The lowest BCUT2D eigenvalue weighted by molar-refractivity contribution is -0.175. The number of carbonyl (C=O) groups excluding carboxylic acids is 5. The molecule has 0 aromatic heterocycles. The number of alkyl halides is 3. The molecule has 250 valence electrons. The average molecular weight is 732 g/mol. The molecule has 11 nitrogen and oxygen atoms in total. The molecule has 3 atom stereocenters. The van der Waals surface area contributed by atoms with Crippen LogP contribution in [0.25, 0.3) is 0 Å². The average Bonchev–Trinajstić information content (AvgIpc) is 3.47. The molecule has 2 aromatic carbocycles. The quantitative estimate of drug-likeness (QED) is 0.319. The maximum atomic E-state index is 13.6. The van der Waals surface area contributed by atoms with E-state index in [1.165, 1.54) is 67.3 Å². The van der Waals surface area contributed by atoms with Crippen molar-refractivity contribution in [3.8, 4) is 0 Å². The molecule has 0 radical (unpaired) electrons. The van der Waals surface area contributed by atoms with E-state index in [9.17, 15) is 45.6 Å². The summed E-state index contributed by atoms with van der Waals surface area (Å²) in [5.41, 5.74) is -0.00438. The molecule has 3 rings (SSSR count). The van der Waals surface area contributed by atoms with Gasteiger partial charge in [0.2, 0.25) is 11.8 Å². The Labute approximate surface area is 272 Å². The van der Waals surface area contributed by atoms with Crippen LogP contribution >= 0.6 is 15.9 Å². The number of benzene rings is 2. The molecule has 0 saturated carbocycles. The summed E-state index contributed by atoms with van der Waals surface area (Å²) >= 11 is 3.20. The van der Waals surface area contributed by atoms with Gasteiger partial charge < -0.3 is 15.5 Å². The first-order valence-corrected chi connectivity index (χ1v) is 16.6. The molecular formula is C30H34BrF3N4O7S. The van der Waals surface area contributed by atoms with E-state index >= 15 is 0 Å². The first kappa shape index (κ1) is 36.7. The molecular weight excluding hydrogens is 697 g/mol. The Bertz CT molecular complexity index is 1580. The Morgan fingerprint density at radius 1 is 0.826 bits per heavy atom. The van der Waals surface area contributed by atoms with Crippen LogP contribution in [0.4, 0.5) is 13.2 Å². The number of amides is 4. The van der Waals surface area contributed by atoms with Crippen LogP contribution < -0.4 is 15.4 Å². The van der Waals surface area contributed by atoms with Gasteiger partial charge in [0, 0.05) is 22.1 Å². The highest BCUT2D eigenvalue weighted by molar-refractivity contribution is 9.10. The Morgan fingerprint density at radius 3 is 1.85 bits per heavy atom. The van der Waals surface area contributed by atoms with E-state index in [0.717, 1.165) is 0 Å². The smallest absolute Gasteiger partial charge is 0.344 e. The largest absolute Gasteiger partial charge is 0.452 e. The van der Waals surface area contributed by atoms with E-state index in [-0.39, 0.29) is 29.0 Å². The third-order valence-corrected chi connectivity index (χ3v) is 9.22. The lowest BCUT2D eigenvalue weighted by atomic mass is 9.98. The summed E-state index contributed by atoms with van der Waals surface area (Å²) in [7, 11) is -4.16. The highest BCUT2D eigenvalue weighted by Gasteiger charge is 2.46. The summed E-state index contributed by atoms with van der Waals surface area (Å²) in [5, 5.41) is 4.78. The van der Waals surface area contributed by atoms with Gasteiger partial charge in [-0.3, -0.25) is 24.0 Å². The van der Waals surface area contributed by atoms with Crippen molar-refractivity contribution in [3.05, 3.63) is 64.1 Å². The minimum atomic E-state index is -5.15. The van der Waals surface area contributed by atoms with Gasteiger partial charge in [-0.25, -0.2) is 13.1 Å². The van der Waals surface area contributed by atoms with E-state index in [4.69, 9.17) is 0 Å². The van der Waals surface area contributed by atoms with Crippen LogP contribution in [0.1, 0.15) is 61.3 Å².